The van der Waals surface area contributed by atoms with Gasteiger partial charge in [0.1, 0.15) is 10.9 Å². The highest BCUT2D eigenvalue weighted by Crippen LogP contribution is 2.39. The molecule has 3 heteroatoms. The lowest BCUT2D eigenvalue weighted by Gasteiger charge is -2.04. The van der Waals surface area contributed by atoms with Crippen molar-refractivity contribution in [2.24, 2.45) is 0 Å². The van der Waals surface area contributed by atoms with Gasteiger partial charge < -0.3 is 5.73 Å². The Bertz CT molecular complexity index is 662. The van der Waals surface area contributed by atoms with Gasteiger partial charge in [-0.15, -0.1) is 11.3 Å². The molecule has 0 radical (unpaired) electrons. The van der Waals surface area contributed by atoms with Gasteiger partial charge in [0.15, 0.2) is 0 Å². The van der Waals surface area contributed by atoms with Crippen LogP contribution in [0, 0.1) is 18.3 Å². The second-order valence-corrected chi connectivity index (χ2v) is 5.77. The minimum atomic E-state index is 0.628. The van der Waals surface area contributed by atoms with Crippen molar-refractivity contribution in [3.8, 4) is 16.5 Å². The number of anilines is 1. The molecule has 0 spiro atoms. The summed E-state index contributed by atoms with van der Waals surface area (Å²) in [4.78, 5) is 1.77. The van der Waals surface area contributed by atoms with E-state index in [1.165, 1.54) is 47.3 Å². The number of thiophene rings is 1. The fourth-order valence-electron chi connectivity index (χ4n) is 2.60. The molecule has 18 heavy (non-hydrogen) atoms. The maximum absolute atomic E-state index is 9.04. The van der Waals surface area contributed by atoms with E-state index in [9.17, 15) is 0 Å². The molecule has 1 aliphatic carbocycles. The Morgan fingerprint density at radius 1 is 1.28 bits per heavy atom. The highest BCUT2D eigenvalue weighted by Gasteiger charge is 2.16. The van der Waals surface area contributed by atoms with Crippen LogP contribution in [0.25, 0.3) is 10.4 Å². The minimum absolute atomic E-state index is 0.628. The van der Waals surface area contributed by atoms with Crippen molar-refractivity contribution in [2.45, 2.75) is 26.2 Å². The number of hydrogen-bond acceptors (Lipinski definition) is 3. The molecule has 2 N–H and O–H groups in total. The third kappa shape index (κ3) is 1.61. The lowest BCUT2D eigenvalue weighted by Crippen LogP contribution is -1.88. The Labute approximate surface area is 111 Å². The summed E-state index contributed by atoms with van der Waals surface area (Å²) in [5.41, 5.74) is 11.8. The number of nitrogens with zero attached hydrogens (tertiary/aromatic N) is 1. The van der Waals surface area contributed by atoms with Crippen LogP contribution in [-0.4, -0.2) is 0 Å². The maximum atomic E-state index is 9.04. The lowest BCUT2D eigenvalue weighted by atomic mass is 10.0. The molecular formula is C15H14N2S. The molecular weight excluding hydrogens is 240 g/mol. The molecule has 0 amide bonds. The molecule has 2 nitrogen and oxygen atoms in total. The summed E-state index contributed by atoms with van der Waals surface area (Å²) < 4.78 is 0. The Morgan fingerprint density at radius 2 is 2.06 bits per heavy atom. The van der Waals surface area contributed by atoms with E-state index >= 15 is 0 Å². The van der Waals surface area contributed by atoms with Crippen LogP contribution in [0.15, 0.2) is 18.2 Å². The number of aryl methyl sites for hydroxylation is 2. The molecule has 0 saturated heterocycles. The van der Waals surface area contributed by atoms with E-state index in [0.29, 0.717) is 10.6 Å². The van der Waals surface area contributed by atoms with Crippen molar-refractivity contribution in [3.63, 3.8) is 0 Å². The number of hydrogen-bond donors (Lipinski definition) is 1. The van der Waals surface area contributed by atoms with Crippen LogP contribution in [0.1, 0.15) is 28.0 Å². The first-order chi connectivity index (χ1) is 8.70. The van der Waals surface area contributed by atoms with E-state index in [1.807, 2.05) is 6.92 Å². The molecule has 0 unspecified atom stereocenters. The Kier molecular flexibility index (Phi) is 2.61. The number of nitriles is 1. The van der Waals surface area contributed by atoms with E-state index < -0.39 is 0 Å². The molecule has 1 aliphatic rings. The fraction of sp³-hybridized carbons (Fsp3) is 0.267. The van der Waals surface area contributed by atoms with Crippen LogP contribution < -0.4 is 5.73 Å². The van der Waals surface area contributed by atoms with Crippen molar-refractivity contribution >= 4 is 17.0 Å². The summed E-state index contributed by atoms with van der Waals surface area (Å²) in [6.07, 6.45) is 3.63. The quantitative estimate of drug-likeness (QED) is 0.844. The monoisotopic (exact) mass is 254 g/mol. The molecule has 0 aliphatic heterocycles. The topological polar surface area (TPSA) is 49.8 Å². The Balaban J connectivity index is 2.13. The third-order valence-electron chi connectivity index (χ3n) is 3.66. The molecule has 3 rings (SSSR count). The summed E-state index contributed by atoms with van der Waals surface area (Å²) in [6, 6.07) is 8.82. The normalized spacial score (nSPS) is 13.3. The third-order valence-corrected chi connectivity index (χ3v) is 4.92. The van der Waals surface area contributed by atoms with Crippen LogP contribution in [0.4, 0.5) is 5.69 Å². The smallest absolute Gasteiger partial charge is 0.128 e. The van der Waals surface area contributed by atoms with E-state index in [2.05, 4.69) is 24.3 Å². The number of rotatable bonds is 1. The van der Waals surface area contributed by atoms with Gasteiger partial charge in [0, 0.05) is 4.88 Å². The van der Waals surface area contributed by atoms with Gasteiger partial charge in [0.05, 0.1) is 5.69 Å². The van der Waals surface area contributed by atoms with Gasteiger partial charge in [0.2, 0.25) is 0 Å². The van der Waals surface area contributed by atoms with Gasteiger partial charge in [-0.3, -0.25) is 0 Å². The second-order valence-electron chi connectivity index (χ2n) is 4.75. The maximum Gasteiger partial charge on any atom is 0.128 e. The molecule has 0 bridgehead atoms. The zero-order chi connectivity index (χ0) is 12.7. The van der Waals surface area contributed by atoms with Crippen molar-refractivity contribution in [1.82, 2.24) is 0 Å². The summed E-state index contributed by atoms with van der Waals surface area (Å²) in [6.45, 7) is 2.00. The van der Waals surface area contributed by atoms with Crippen LogP contribution >= 0.6 is 11.3 Å². The van der Waals surface area contributed by atoms with Crippen molar-refractivity contribution in [3.05, 3.63) is 39.8 Å². The molecule has 1 aromatic carbocycles. The van der Waals surface area contributed by atoms with E-state index in [-0.39, 0.29) is 0 Å². The average molecular weight is 254 g/mol. The standard InChI is InChI=1S/C15H14N2S/c1-9-14(17)13(8-16)18-15(9)12-6-5-10-3-2-4-11(10)7-12/h5-7H,2-4,17H2,1H3. The summed E-state index contributed by atoms with van der Waals surface area (Å²) in [5.74, 6) is 0. The average Bonchev–Trinajstić information content (AvgIpc) is 2.95. The molecule has 0 fully saturated rings. The second kappa shape index (κ2) is 4.15. The van der Waals surface area contributed by atoms with Gasteiger partial charge in [-0.05, 0) is 48.4 Å². The van der Waals surface area contributed by atoms with Crippen LogP contribution in [-0.2, 0) is 12.8 Å². The first-order valence-corrected chi connectivity index (χ1v) is 6.93. The molecule has 0 atom stereocenters. The molecule has 1 aromatic heterocycles. The first kappa shape index (κ1) is 11.3. The highest BCUT2D eigenvalue weighted by molar-refractivity contribution is 7.16. The Morgan fingerprint density at radius 3 is 2.78 bits per heavy atom. The van der Waals surface area contributed by atoms with Crippen LogP contribution in [0.5, 0.6) is 0 Å². The van der Waals surface area contributed by atoms with Crippen molar-refractivity contribution in [2.75, 3.05) is 5.73 Å². The Hall–Kier alpha value is -1.79. The van der Waals surface area contributed by atoms with E-state index in [1.54, 1.807) is 0 Å². The summed E-state index contributed by atoms with van der Waals surface area (Å²) >= 11 is 1.50. The lowest BCUT2D eigenvalue weighted by molar-refractivity contribution is 0.912. The fourth-order valence-corrected chi connectivity index (χ4v) is 3.62. The predicted octanol–water partition coefficient (Wildman–Crippen LogP) is 3.67. The largest absolute Gasteiger partial charge is 0.397 e. The van der Waals surface area contributed by atoms with Gasteiger partial charge >= 0.3 is 0 Å². The van der Waals surface area contributed by atoms with Gasteiger partial charge in [-0.1, -0.05) is 18.2 Å². The van der Waals surface area contributed by atoms with Crippen molar-refractivity contribution < 1.29 is 0 Å². The minimum Gasteiger partial charge on any atom is -0.397 e. The first-order valence-electron chi connectivity index (χ1n) is 6.12. The van der Waals surface area contributed by atoms with Crippen LogP contribution in [0.2, 0.25) is 0 Å². The van der Waals surface area contributed by atoms with Crippen LogP contribution in [0.3, 0.4) is 0 Å². The highest BCUT2D eigenvalue weighted by atomic mass is 32.1. The predicted molar refractivity (Wildman–Crippen MR) is 75.6 cm³/mol. The molecule has 90 valence electrons. The van der Waals surface area contributed by atoms with Gasteiger partial charge in [-0.2, -0.15) is 5.26 Å². The number of nitrogens with two attached hydrogens (primary N) is 1. The summed E-state index contributed by atoms with van der Waals surface area (Å²) in [5, 5.41) is 9.04. The van der Waals surface area contributed by atoms with Gasteiger partial charge in [-0.25, -0.2) is 0 Å². The number of nitrogen functional groups attached to an aromatic ring is 1. The SMILES string of the molecule is Cc1c(-c2ccc3c(c2)CCC3)sc(C#N)c1N. The molecule has 1 heterocycles. The summed E-state index contributed by atoms with van der Waals surface area (Å²) in [7, 11) is 0. The zero-order valence-electron chi connectivity index (χ0n) is 10.3. The number of fused-ring (bicyclic) bond motifs is 1. The van der Waals surface area contributed by atoms with E-state index in [4.69, 9.17) is 11.0 Å². The van der Waals surface area contributed by atoms with Crippen molar-refractivity contribution in [1.29, 1.82) is 5.26 Å². The zero-order valence-corrected chi connectivity index (χ0v) is 11.1. The van der Waals surface area contributed by atoms with E-state index in [0.717, 1.165) is 10.4 Å². The number of benzene rings is 1. The molecule has 0 saturated carbocycles. The molecule has 2 aromatic rings. The van der Waals surface area contributed by atoms with Gasteiger partial charge in [0.25, 0.3) is 0 Å².